The predicted octanol–water partition coefficient (Wildman–Crippen LogP) is 1.91. The van der Waals surface area contributed by atoms with Crippen molar-refractivity contribution < 1.29 is 17.6 Å². The number of amides is 1. The van der Waals surface area contributed by atoms with E-state index in [0.717, 1.165) is 0 Å². The van der Waals surface area contributed by atoms with Crippen LogP contribution < -0.4 is 15.2 Å². The summed E-state index contributed by atoms with van der Waals surface area (Å²) in [7, 11) is -3.86. The van der Waals surface area contributed by atoms with Crippen LogP contribution in [0.25, 0.3) is 0 Å². The Labute approximate surface area is 123 Å². The second-order valence-corrected chi connectivity index (χ2v) is 5.80. The number of carbonyl (C=O) groups is 1. The summed E-state index contributed by atoms with van der Waals surface area (Å²) in [6, 6.07) is 7.64. The Morgan fingerprint density at radius 1 is 1.25 bits per heavy atom. The molecule has 0 aliphatic heterocycles. The van der Waals surface area contributed by atoms with Crippen LogP contribution in [0.5, 0.6) is 0 Å². The normalized spacial score (nSPS) is 11.1. The number of rotatable bonds is 4. The molecule has 0 bridgehead atoms. The molecule has 0 fully saturated rings. The van der Waals surface area contributed by atoms with E-state index in [9.17, 15) is 13.2 Å². The maximum Gasteiger partial charge on any atom is 0.296 e. The number of anilines is 2. The molecule has 4 N–H and O–H groups in total. The van der Waals surface area contributed by atoms with Gasteiger partial charge >= 0.3 is 0 Å². The SMILES string of the molecule is NS(=O)(=O)Nc1cccc(NC(=O)c2ccoc2Br)c1. The lowest BCUT2D eigenvalue weighted by Crippen LogP contribution is -2.21. The summed E-state index contributed by atoms with van der Waals surface area (Å²) in [5.41, 5.74) is 0.989. The quantitative estimate of drug-likeness (QED) is 0.773. The largest absolute Gasteiger partial charge is 0.457 e. The number of nitrogens with two attached hydrogens (primary N) is 1. The van der Waals surface area contributed by atoms with E-state index >= 15 is 0 Å². The van der Waals surface area contributed by atoms with Crippen molar-refractivity contribution in [2.45, 2.75) is 0 Å². The predicted molar refractivity (Wildman–Crippen MR) is 77.5 cm³/mol. The van der Waals surface area contributed by atoms with E-state index in [2.05, 4.69) is 26.0 Å². The van der Waals surface area contributed by atoms with E-state index < -0.39 is 16.1 Å². The van der Waals surface area contributed by atoms with Crippen LogP contribution in [0.3, 0.4) is 0 Å². The molecule has 0 saturated heterocycles. The number of carbonyl (C=O) groups excluding carboxylic acids is 1. The Morgan fingerprint density at radius 3 is 2.55 bits per heavy atom. The molecule has 1 aromatic carbocycles. The highest BCUT2D eigenvalue weighted by molar-refractivity contribution is 9.10. The molecule has 106 valence electrons. The van der Waals surface area contributed by atoms with Crippen LogP contribution in [0.1, 0.15) is 10.4 Å². The van der Waals surface area contributed by atoms with Crippen LogP contribution in [0.4, 0.5) is 11.4 Å². The summed E-state index contributed by atoms with van der Waals surface area (Å²) in [5, 5.41) is 7.48. The Kier molecular flexibility index (Phi) is 4.12. The highest BCUT2D eigenvalue weighted by Gasteiger charge is 2.13. The average Bonchev–Trinajstić information content (AvgIpc) is 2.73. The van der Waals surface area contributed by atoms with Crippen molar-refractivity contribution in [3.8, 4) is 0 Å². The molecule has 0 aliphatic rings. The number of halogens is 1. The van der Waals surface area contributed by atoms with Crippen LogP contribution in [-0.4, -0.2) is 14.3 Å². The number of hydrogen-bond acceptors (Lipinski definition) is 4. The molecule has 0 aliphatic carbocycles. The second kappa shape index (κ2) is 5.65. The van der Waals surface area contributed by atoms with Gasteiger partial charge in [0.15, 0.2) is 4.67 Å². The molecular formula is C11H10BrN3O4S. The van der Waals surface area contributed by atoms with Crippen LogP contribution in [0, 0.1) is 0 Å². The molecular weight excluding hydrogens is 350 g/mol. The van der Waals surface area contributed by atoms with Crippen molar-refractivity contribution in [3.05, 3.63) is 46.8 Å². The van der Waals surface area contributed by atoms with Crippen molar-refractivity contribution in [2.24, 2.45) is 5.14 Å². The number of nitrogens with one attached hydrogen (secondary N) is 2. The van der Waals surface area contributed by atoms with Gasteiger partial charge in [-0.05, 0) is 40.2 Å². The molecule has 0 radical (unpaired) electrons. The molecule has 9 heteroatoms. The fraction of sp³-hybridized carbons (Fsp3) is 0. The highest BCUT2D eigenvalue weighted by Crippen LogP contribution is 2.20. The summed E-state index contributed by atoms with van der Waals surface area (Å²) < 4.78 is 29.2. The molecule has 0 spiro atoms. The van der Waals surface area contributed by atoms with Crippen molar-refractivity contribution in [2.75, 3.05) is 10.0 Å². The van der Waals surface area contributed by atoms with Crippen molar-refractivity contribution >= 4 is 43.4 Å². The lowest BCUT2D eigenvalue weighted by molar-refractivity contribution is 0.102. The van der Waals surface area contributed by atoms with Gasteiger partial charge in [-0.3, -0.25) is 9.52 Å². The van der Waals surface area contributed by atoms with E-state index in [0.29, 0.717) is 15.9 Å². The monoisotopic (exact) mass is 359 g/mol. The second-order valence-electron chi connectivity index (χ2n) is 3.79. The van der Waals surface area contributed by atoms with Gasteiger partial charge in [0.2, 0.25) is 0 Å². The van der Waals surface area contributed by atoms with Crippen molar-refractivity contribution in [1.82, 2.24) is 0 Å². The van der Waals surface area contributed by atoms with E-state index in [1.54, 1.807) is 12.1 Å². The first-order chi connectivity index (χ1) is 9.35. The molecule has 1 amide bonds. The zero-order chi connectivity index (χ0) is 14.8. The fourth-order valence-electron chi connectivity index (χ4n) is 1.48. The van der Waals surface area contributed by atoms with Gasteiger partial charge < -0.3 is 9.73 Å². The summed E-state index contributed by atoms with van der Waals surface area (Å²) in [5.74, 6) is -0.390. The lowest BCUT2D eigenvalue weighted by atomic mass is 10.2. The van der Waals surface area contributed by atoms with E-state index in [4.69, 9.17) is 9.56 Å². The first-order valence-electron chi connectivity index (χ1n) is 5.30. The van der Waals surface area contributed by atoms with Crippen molar-refractivity contribution in [3.63, 3.8) is 0 Å². The van der Waals surface area contributed by atoms with Crippen molar-refractivity contribution in [1.29, 1.82) is 0 Å². The topological polar surface area (TPSA) is 114 Å². The third-order valence-electron chi connectivity index (χ3n) is 2.24. The molecule has 20 heavy (non-hydrogen) atoms. The minimum absolute atomic E-state index is 0.247. The fourth-order valence-corrected chi connectivity index (χ4v) is 2.35. The average molecular weight is 360 g/mol. The molecule has 0 saturated carbocycles. The standard InChI is InChI=1S/C11H10BrN3O4S/c12-10-9(4-5-19-10)11(16)14-7-2-1-3-8(6-7)15-20(13,17)18/h1-6,15H,(H,14,16)(H2,13,17,18). The zero-order valence-electron chi connectivity index (χ0n) is 9.96. The van der Waals surface area contributed by atoms with Crippen LogP contribution >= 0.6 is 15.9 Å². The lowest BCUT2D eigenvalue weighted by Gasteiger charge is -2.07. The van der Waals surface area contributed by atoms with E-state index in [1.807, 2.05) is 0 Å². The number of hydrogen-bond donors (Lipinski definition) is 3. The van der Waals surface area contributed by atoms with Gasteiger partial charge in [0.05, 0.1) is 17.5 Å². The molecule has 2 rings (SSSR count). The van der Waals surface area contributed by atoms with Gasteiger partial charge in [0, 0.05) is 5.69 Å². The van der Waals surface area contributed by atoms with Crippen LogP contribution in [0.15, 0.2) is 45.7 Å². The summed E-state index contributed by atoms with van der Waals surface area (Å²) in [4.78, 5) is 11.9. The third kappa shape index (κ3) is 3.83. The van der Waals surface area contributed by atoms with Gasteiger partial charge in [-0.1, -0.05) is 6.07 Å². The molecule has 2 aromatic rings. The van der Waals surface area contributed by atoms with Gasteiger partial charge in [-0.2, -0.15) is 8.42 Å². The third-order valence-corrected chi connectivity index (χ3v) is 3.38. The number of benzene rings is 1. The van der Waals surface area contributed by atoms with Gasteiger partial charge in [0.1, 0.15) is 0 Å². The number of furan rings is 1. The minimum atomic E-state index is -3.86. The molecule has 0 atom stereocenters. The Balaban J connectivity index is 2.16. The summed E-state index contributed by atoms with van der Waals surface area (Å²) in [6.07, 6.45) is 1.37. The molecule has 7 nitrogen and oxygen atoms in total. The Hall–Kier alpha value is -1.84. The first-order valence-corrected chi connectivity index (χ1v) is 7.64. The van der Waals surface area contributed by atoms with E-state index in [1.165, 1.54) is 24.5 Å². The van der Waals surface area contributed by atoms with Gasteiger partial charge in [-0.25, -0.2) is 5.14 Å². The first kappa shape index (κ1) is 14.6. The molecule has 1 heterocycles. The molecule has 1 aromatic heterocycles. The van der Waals surface area contributed by atoms with Crippen LogP contribution in [0.2, 0.25) is 0 Å². The Morgan fingerprint density at radius 2 is 1.95 bits per heavy atom. The maximum atomic E-state index is 11.9. The van der Waals surface area contributed by atoms with Crippen LogP contribution in [-0.2, 0) is 10.2 Å². The highest BCUT2D eigenvalue weighted by atomic mass is 79.9. The minimum Gasteiger partial charge on any atom is -0.457 e. The maximum absolute atomic E-state index is 11.9. The zero-order valence-corrected chi connectivity index (χ0v) is 12.4. The Bertz CT molecular complexity index is 742. The molecule has 0 unspecified atom stereocenters. The summed E-state index contributed by atoms with van der Waals surface area (Å²) >= 11 is 3.10. The van der Waals surface area contributed by atoms with Gasteiger partial charge in [0.25, 0.3) is 16.1 Å². The van der Waals surface area contributed by atoms with Gasteiger partial charge in [-0.15, -0.1) is 0 Å². The van der Waals surface area contributed by atoms with E-state index in [-0.39, 0.29) is 5.69 Å². The summed E-state index contributed by atoms with van der Waals surface area (Å²) in [6.45, 7) is 0. The smallest absolute Gasteiger partial charge is 0.296 e.